The molecule has 0 aromatic heterocycles. The maximum atomic E-state index is 10.9. The Kier molecular flexibility index (Phi) is 2.24. The molecule has 58 valence electrons. The largest absolute Gasteiger partial charge is 0.381 e. The number of hydrazine groups is 1. The number of nitrogens with zero attached hydrogens (tertiary/aromatic N) is 1. The molecule has 4 heteroatoms. The number of carbonyl (C=O) groups is 1. The van der Waals surface area contributed by atoms with Crippen LogP contribution in [-0.2, 0) is 9.53 Å². The predicted molar refractivity (Wildman–Crippen MR) is 35.9 cm³/mol. The summed E-state index contributed by atoms with van der Waals surface area (Å²) in [6, 6.07) is 0. The SMILES string of the molecule is CO[C@H]1CCN(N)C(=O)C1. The van der Waals surface area contributed by atoms with Crippen LogP contribution in [-0.4, -0.2) is 30.7 Å². The third kappa shape index (κ3) is 1.46. The van der Waals surface area contributed by atoms with Gasteiger partial charge in [-0.3, -0.25) is 9.80 Å². The quantitative estimate of drug-likeness (QED) is 0.398. The second kappa shape index (κ2) is 2.98. The molecule has 0 bridgehead atoms. The second-order valence-corrected chi connectivity index (χ2v) is 2.44. The third-order valence-corrected chi connectivity index (χ3v) is 1.75. The number of piperidine rings is 1. The number of ether oxygens (including phenoxy) is 1. The first-order valence-corrected chi connectivity index (χ1v) is 3.32. The highest BCUT2D eigenvalue weighted by molar-refractivity contribution is 5.76. The van der Waals surface area contributed by atoms with Gasteiger partial charge in [0.05, 0.1) is 12.5 Å². The van der Waals surface area contributed by atoms with E-state index in [4.69, 9.17) is 10.6 Å². The Morgan fingerprint density at radius 2 is 2.50 bits per heavy atom. The molecule has 0 aromatic rings. The molecule has 10 heavy (non-hydrogen) atoms. The number of nitrogens with two attached hydrogens (primary N) is 1. The van der Waals surface area contributed by atoms with E-state index in [1.807, 2.05) is 0 Å². The molecule has 1 rings (SSSR count). The lowest BCUT2D eigenvalue weighted by molar-refractivity contribution is -0.138. The summed E-state index contributed by atoms with van der Waals surface area (Å²) in [6.45, 7) is 0.608. The van der Waals surface area contributed by atoms with Crippen molar-refractivity contribution in [3.63, 3.8) is 0 Å². The van der Waals surface area contributed by atoms with Crippen LogP contribution < -0.4 is 5.84 Å². The van der Waals surface area contributed by atoms with Crippen LogP contribution in [0.1, 0.15) is 12.8 Å². The fourth-order valence-electron chi connectivity index (χ4n) is 1.02. The zero-order chi connectivity index (χ0) is 7.56. The van der Waals surface area contributed by atoms with Gasteiger partial charge in [0.2, 0.25) is 5.91 Å². The van der Waals surface area contributed by atoms with Gasteiger partial charge in [-0.15, -0.1) is 0 Å². The lowest BCUT2D eigenvalue weighted by Gasteiger charge is -2.26. The summed E-state index contributed by atoms with van der Waals surface area (Å²) >= 11 is 0. The highest BCUT2D eigenvalue weighted by Crippen LogP contribution is 2.10. The molecule has 1 fully saturated rings. The van der Waals surface area contributed by atoms with Crippen LogP contribution in [0.2, 0.25) is 0 Å². The summed E-state index contributed by atoms with van der Waals surface area (Å²) in [7, 11) is 1.62. The van der Waals surface area contributed by atoms with E-state index in [0.29, 0.717) is 13.0 Å². The maximum absolute atomic E-state index is 10.9. The Balaban J connectivity index is 2.41. The molecular weight excluding hydrogens is 132 g/mol. The Bertz CT molecular complexity index is 138. The summed E-state index contributed by atoms with van der Waals surface area (Å²) in [4.78, 5) is 10.9. The molecule has 0 aliphatic carbocycles. The Morgan fingerprint density at radius 3 is 3.00 bits per heavy atom. The fourth-order valence-corrected chi connectivity index (χ4v) is 1.02. The van der Waals surface area contributed by atoms with Crippen LogP contribution in [0.25, 0.3) is 0 Å². The average molecular weight is 144 g/mol. The summed E-state index contributed by atoms with van der Waals surface area (Å²) in [6.07, 6.45) is 1.35. The Hall–Kier alpha value is -0.610. The zero-order valence-electron chi connectivity index (χ0n) is 6.04. The van der Waals surface area contributed by atoms with Crippen LogP contribution in [0, 0.1) is 0 Å². The molecule has 4 nitrogen and oxygen atoms in total. The zero-order valence-corrected chi connectivity index (χ0v) is 6.04. The molecule has 1 atom stereocenters. The first-order chi connectivity index (χ1) is 4.74. The summed E-state index contributed by atoms with van der Waals surface area (Å²) < 4.78 is 5.01. The molecule has 1 aliphatic heterocycles. The number of amides is 1. The molecule has 2 N–H and O–H groups in total. The molecule has 1 aliphatic rings. The van der Waals surface area contributed by atoms with Gasteiger partial charge in [0.25, 0.3) is 0 Å². The lowest BCUT2D eigenvalue weighted by atomic mass is 10.1. The number of hydrogen-bond donors (Lipinski definition) is 1. The molecule has 1 heterocycles. The van der Waals surface area contributed by atoms with Crippen LogP contribution in [0.3, 0.4) is 0 Å². The van der Waals surface area contributed by atoms with Crippen molar-refractivity contribution in [2.45, 2.75) is 18.9 Å². The van der Waals surface area contributed by atoms with Gasteiger partial charge in [0.1, 0.15) is 0 Å². The van der Waals surface area contributed by atoms with Gasteiger partial charge in [0.15, 0.2) is 0 Å². The normalized spacial score (nSPS) is 27.2. The first kappa shape index (κ1) is 7.50. The van der Waals surface area contributed by atoms with Gasteiger partial charge >= 0.3 is 0 Å². The van der Waals surface area contributed by atoms with Crippen molar-refractivity contribution < 1.29 is 9.53 Å². The Labute approximate surface area is 59.9 Å². The fraction of sp³-hybridized carbons (Fsp3) is 0.833. The smallest absolute Gasteiger partial charge is 0.239 e. The van der Waals surface area contributed by atoms with E-state index in [-0.39, 0.29) is 12.0 Å². The lowest BCUT2D eigenvalue weighted by Crippen LogP contribution is -2.45. The van der Waals surface area contributed by atoms with Gasteiger partial charge in [-0.2, -0.15) is 0 Å². The number of carbonyl (C=O) groups excluding carboxylic acids is 1. The van der Waals surface area contributed by atoms with Gasteiger partial charge in [-0.1, -0.05) is 0 Å². The van der Waals surface area contributed by atoms with Crippen molar-refractivity contribution in [2.24, 2.45) is 5.84 Å². The first-order valence-electron chi connectivity index (χ1n) is 3.32. The van der Waals surface area contributed by atoms with E-state index in [9.17, 15) is 4.79 Å². The highest BCUT2D eigenvalue weighted by atomic mass is 16.5. The summed E-state index contributed by atoms with van der Waals surface area (Å²) in [5.41, 5.74) is 0. The van der Waals surface area contributed by atoms with E-state index in [1.54, 1.807) is 7.11 Å². The minimum Gasteiger partial charge on any atom is -0.381 e. The third-order valence-electron chi connectivity index (χ3n) is 1.75. The molecule has 1 saturated heterocycles. The van der Waals surface area contributed by atoms with E-state index < -0.39 is 0 Å². The topological polar surface area (TPSA) is 55.6 Å². The number of hydrogen-bond acceptors (Lipinski definition) is 3. The predicted octanol–water partition coefficient (Wildman–Crippen LogP) is -0.503. The minimum absolute atomic E-state index is 0.0295. The number of methoxy groups -OCH3 is 1. The molecule has 1 amide bonds. The van der Waals surface area contributed by atoms with Crippen molar-refractivity contribution in [3.05, 3.63) is 0 Å². The van der Waals surface area contributed by atoms with Crippen LogP contribution in [0.4, 0.5) is 0 Å². The maximum Gasteiger partial charge on any atom is 0.239 e. The van der Waals surface area contributed by atoms with E-state index in [1.165, 1.54) is 5.01 Å². The van der Waals surface area contributed by atoms with E-state index in [0.717, 1.165) is 6.42 Å². The van der Waals surface area contributed by atoms with E-state index >= 15 is 0 Å². The Morgan fingerprint density at radius 1 is 1.80 bits per heavy atom. The van der Waals surface area contributed by atoms with Gasteiger partial charge in [-0.25, -0.2) is 5.84 Å². The van der Waals surface area contributed by atoms with Crippen molar-refractivity contribution in [1.82, 2.24) is 5.01 Å². The monoisotopic (exact) mass is 144 g/mol. The van der Waals surface area contributed by atoms with Crippen LogP contribution >= 0.6 is 0 Å². The van der Waals surface area contributed by atoms with Crippen molar-refractivity contribution >= 4 is 5.91 Å². The molecule has 0 spiro atoms. The number of rotatable bonds is 1. The average Bonchev–Trinajstić information content (AvgIpc) is 1.95. The standard InChI is InChI=1S/C6H12N2O2/c1-10-5-2-3-8(7)6(9)4-5/h5H,2-4,7H2,1H3/t5-/m0/s1. The summed E-state index contributed by atoms with van der Waals surface area (Å²) in [5.74, 6) is 5.29. The van der Waals surface area contributed by atoms with Crippen LogP contribution in [0.5, 0.6) is 0 Å². The van der Waals surface area contributed by atoms with Gasteiger partial charge in [-0.05, 0) is 6.42 Å². The molecule has 0 saturated carbocycles. The van der Waals surface area contributed by atoms with Crippen LogP contribution in [0.15, 0.2) is 0 Å². The summed E-state index contributed by atoms with van der Waals surface area (Å²) in [5, 5.41) is 1.25. The molecular formula is C6H12N2O2. The molecule has 0 unspecified atom stereocenters. The minimum atomic E-state index is -0.0295. The van der Waals surface area contributed by atoms with Crippen molar-refractivity contribution in [1.29, 1.82) is 0 Å². The van der Waals surface area contributed by atoms with Gasteiger partial charge in [0, 0.05) is 13.7 Å². The highest BCUT2D eigenvalue weighted by Gasteiger charge is 2.22. The van der Waals surface area contributed by atoms with Crippen molar-refractivity contribution in [2.75, 3.05) is 13.7 Å². The molecule has 0 radical (unpaired) electrons. The van der Waals surface area contributed by atoms with E-state index in [2.05, 4.69) is 0 Å². The van der Waals surface area contributed by atoms with Crippen molar-refractivity contribution in [3.8, 4) is 0 Å². The second-order valence-electron chi connectivity index (χ2n) is 2.44. The molecule has 0 aromatic carbocycles. The van der Waals surface area contributed by atoms with Gasteiger partial charge < -0.3 is 4.74 Å².